The number of rotatable bonds is 6. The molecule has 3 aromatic rings. The summed E-state index contributed by atoms with van der Waals surface area (Å²) in [5.41, 5.74) is 7.42. The first kappa shape index (κ1) is 22.4. The normalized spacial score (nSPS) is 10.2. The van der Waals surface area contributed by atoms with Crippen LogP contribution in [0.4, 0.5) is 10.1 Å². The Labute approximate surface area is 178 Å². The minimum atomic E-state index is -0.657. The van der Waals surface area contributed by atoms with Crippen LogP contribution in [0.3, 0.4) is 0 Å². The molecular weight excluding hydrogens is 420 g/mol. The van der Waals surface area contributed by atoms with E-state index in [1.54, 1.807) is 36.4 Å². The first-order valence-corrected chi connectivity index (χ1v) is 8.90. The Bertz CT molecular complexity index is 1000. The summed E-state index contributed by atoms with van der Waals surface area (Å²) in [7, 11) is 0. The SMILES string of the molecule is CCCC(=O)Oc1nc(-c2ccc(Oc3ncc(Cl)cc3F)cc2)ccc1N.Cl. The number of halogens is 3. The number of carbonyl (C=O) groups excluding carboxylic acids is 1. The smallest absolute Gasteiger partial charge is 0.312 e. The third-order valence-corrected chi connectivity index (χ3v) is 3.90. The Hall–Kier alpha value is -2.90. The number of nitrogens with zero attached hydrogens (tertiary/aromatic N) is 2. The van der Waals surface area contributed by atoms with E-state index in [4.69, 9.17) is 26.8 Å². The lowest BCUT2D eigenvalue weighted by atomic mass is 10.1. The molecule has 0 saturated carbocycles. The number of aromatic nitrogens is 2. The van der Waals surface area contributed by atoms with Crippen LogP contribution in [0.15, 0.2) is 48.7 Å². The molecule has 0 aliphatic rings. The second-order valence-corrected chi connectivity index (χ2v) is 6.32. The maximum atomic E-state index is 13.8. The summed E-state index contributed by atoms with van der Waals surface area (Å²) in [4.78, 5) is 19.8. The van der Waals surface area contributed by atoms with Gasteiger partial charge in [-0.05, 0) is 48.9 Å². The summed E-state index contributed by atoms with van der Waals surface area (Å²) in [6, 6.07) is 11.2. The predicted molar refractivity (Wildman–Crippen MR) is 111 cm³/mol. The fourth-order valence-electron chi connectivity index (χ4n) is 2.34. The van der Waals surface area contributed by atoms with Gasteiger partial charge in [0.25, 0.3) is 5.88 Å². The molecule has 2 aromatic heterocycles. The number of nitrogens with two attached hydrogens (primary N) is 1. The van der Waals surface area contributed by atoms with E-state index in [0.29, 0.717) is 17.9 Å². The van der Waals surface area contributed by atoms with Crippen molar-refractivity contribution in [1.82, 2.24) is 9.97 Å². The predicted octanol–water partition coefficient (Wildman–Crippen LogP) is 5.44. The monoisotopic (exact) mass is 437 g/mol. The third kappa shape index (κ3) is 5.79. The highest BCUT2D eigenvalue weighted by atomic mass is 35.5. The lowest BCUT2D eigenvalue weighted by Crippen LogP contribution is -2.10. The number of nitrogen functional groups attached to an aromatic ring is 1. The van der Waals surface area contributed by atoms with Crippen molar-refractivity contribution in [2.45, 2.75) is 19.8 Å². The van der Waals surface area contributed by atoms with Crippen LogP contribution in [-0.2, 0) is 4.79 Å². The van der Waals surface area contributed by atoms with Crippen LogP contribution in [0.5, 0.6) is 17.5 Å². The number of anilines is 1. The van der Waals surface area contributed by atoms with E-state index in [1.165, 1.54) is 6.20 Å². The first-order chi connectivity index (χ1) is 13.5. The molecule has 9 heteroatoms. The molecule has 0 spiro atoms. The topological polar surface area (TPSA) is 87.3 Å². The van der Waals surface area contributed by atoms with E-state index < -0.39 is 5.82 Å². The van der Waals surface area contributed by atoms with Gasteiger partial charge in [-0.15, -0.1) is 12.4 Å². The lowest BCUT2D eigenvalue weighted by molar-refractivity contribution is -0.134. The molecule has 152 valence electrons. The molecule has 0 amide bonds. The quantitative estimate of drug-likeness (QED) is 0.516. The van der Waals surface area contributed by atoms with Crippen molar-refractivity contribution in [3.05, 3.63) is 59.5 Å². The summed E-state index contributed by atoms with van der Waals surface area (Å²) in [5.74, 6) is -0.755. The van der Waals surface area contributed by atoms with Gasteiger partial charge >= 0.3 is 5.97 Å². The minimum Gasteiger partial charge on any atom is -0.436 e. The molecule has 2 N–H and O–H groups in total. The molecule has 0 fully saturated rings. The van der Waals surface area contributed by atoms with E-state index in [9.17, 15) is 9.18 Å². The molecule has 0 aliphatic heterocycles. The van der Waals surface area contributed by atoms with Crippen LogP contribution < -0.4 is 15.2 Å². The van der Waals surface area contributed by atoms with Crippen LogP contribution in [0.2, 0.25) is 5.02 Å². The van der Waals surface area contributed by atoms with Crippen LogP contribution in [0.1, 0.15) is 19.8 Å². The summed E-state index contributed by atoms with van der Waals surface area (Å²) in [6.07, 6.45) is 2.25. The highest BCUT2D eigenvalue weighted by Gasteiger charge is 2.12. The van der Waals surface area contributed by atoms with Gasteiger partial charge in [-0.1, -0.05) is 18.5 Å². The molecule has 6 nitrogen and oxygen atoms in total. The number of pyridine rings is 2. The molecule has 29 heavy (non-hydrogen) atoms. The van der Waals surface area contributed by atoms with Crippen molar-refractivity contribution in [1.29, 1.82) is 0 Å². The fraction of sp³-hybridized carbons (Fsp3) is 0.150. The van der Waals surface area contributed by atoms with E-state index in [0.717, 1.165) is 11.6 Å². The largest absolute Gasteiger partial charge is 0.436 e. The molecule has 3 rings (SSSR count). The molecule has 0 radical (unpaired) electrons. The van der Waals surface area contributed by atoms with Crippen LogP contribution >= 0.6 is 24.0 Å². The van der Waals surface area contributed by atoms with Gasteiger partial charge in [0.1, 0.15) is 5.75 Å². The van der Waals surface area contributed by atoms with E-state index >= 15 is 0 Å². The number of benzene rings is 1. The van der Waals surface area contributed by atoms with Crippen molar-refractivity contribution in [2.24, 2.45) is 0 Å². The molecule has 1 aromatic carbocycles. The lowest BCUT2D eigenvalue weighted by Gasteiger charge is -2.09. The van der Waals surface area contributed by atoms with Crippen LogP contribution in [0, 0.1) is 5.82 Å². The molecule has 0 atom stereocenters. The van der Waals surface area contributed by atoms with Crippen molar-refractivity contribution in [2.75, 3.05) is 5.73 Å². The summed E-state index contributed by atoms with van der Waals surface area (Å²) >= 11 is 5.68. The van der Waals surface area contributed by atoms with Gasteiger partial charge in [0.2, 0.25) is 5.88 Å². The first-order valence-electron chi connectivity index (χ1n) is 8.53. The number of ether oxygens (including phenoxy) is 2. The van der Waals surface area contributed by atoms with Crippen molar-refractivity contribution >= 4 is 35.7 Å². The molecule has 0 aliphatic carbocycles. The average molecular weight is 438 g/mol. The number of esters is 1. The zero-order valence-electron chi connectivity index (χ0n) is 15.4. The highest BCUT2D eigenvalue weighted by molar-refractivity contribution is 6.30. The standard InChI is InChI=1S/C20H17ClFN3O3.ClH/c1-2-3-18(26)28-20-16(23)8-9-17(25-20)12-4-6-14(7-5-12)27-19-15(22)10-13(21)11-24-19;/h4-11H,2-3,23H2,1H3;1H. The molecule has 0 saturated heterocycles. The van der Waals surface area contributed by atoms with Gasteiger partial charge in [-0.25, -0.2) is 14.4 Å². The Morgan fingerprint density at radius 2 is 1.90 bits per heavy atom. The highest BCUT2D eigenvalue weighted by Crippen LogP contribution is 2.29. The average Bonchev–Trinajstić information content (AvgIpc) is 2.67. The van der Waals surface area contributed by atoms with Crippen LogP contribution in [0.25, 0.3) is 11.3 Å². The Morgan fingerprint density at radius 1 is 1.17 bits per heavy atom. The molecule has 2 heterocycles. The zero-order chi connectivity index (χ0) is 20.1. The second-order valence-electron chi connectivity index (χ2n) is 5.88. The Balaban J connectivity index is 0.00000300. The molecule has 0 bridgehead atoms. The summed E-state index contributed by atoms with van der Waals surface area (Å²) in [5, 5.41) is 0.185. The summed E-state index contributed by atoms with van der Waals surface area (Å²) < 4.78 is 24.4. The molecule has 0 unspecified atom stereocenters. The Kier molecular flexibility index (Phi) is 7.75. The van der Waals surface area contributed by atoms with Crippen molar-refractivity contribution in [3.8, 4) is 28.8 Å². The second kappa shape index (κ2) is 10.0. The van der Waals surface area contributed by atoms with Gasteiger partial charge in [0.05, 0.1) is 16.4 Å². The van der Waals surface area contributed by atoms with Crippen molar-refractivity contribution in [3.63, 3.8) is 0 Å². The van der Waals surface area contributed by atoms with Gasteiger partial charge in [-0.2, -0.15) is 0 Å². The fourth-order valence-corrected chi connectivity index (χ4v) is 2.48. The maximum absolute atomic E-state index is 13.8. The zero-order valence-corrected chi connectivity index (χ0v) is 17.0. The minimum absolute atomic E-state index is 0. The third-order valence-electron chi connectivity index (χ3n) is 3.69. The Morgan fingerprint density at radius 3 is 2.55 bits per heavy atom. The van der Waals surface area contributed by atoms with Crippen LogP contribution in [-0.4, -0.2) is 15.9 Å². The van der Waals surface area contributed by atoms with E-state index in [2.05, 4.69) is 9.97 Å². The molecular formula is C20H18Cl2FN3O3. The number of hydrogen-bond donors (Lipinski definition) is 1. The number of carbonyl (C=O) groups is 1. The number of hydrogen-bond acceptors (Lipinski definition) is 6. The van der Waals surface area contributed by atoms with Gasteiger partial charge < -0.3 is 15.2 Å². The maximum Gasteiger partial charge on any atom is 0.312 e. The summed E-state index contributed by atoms with van der Waals surface area (Å²) in [6.45, 7) is 1.88. The van der Waals surface area contributed by atoms with E-state index in [1.807, 2.05) is 6.92 Å². The van der Waals surface area contributed by atoms with Gasteiger partial charge in [-0.3, -0.25) is 4.79 Å². The van der Waals surface area contributed by atoms with Gasteiger partial charge in [0, 0.05) is 18.2 Å². The van der Waals surface area contributed by atoms with Gasteiger partial charge in [0.15, 0.2) is 5.82 Å². The van der Waals surface area contributed by atoms with Crippen molar-refractivity contribution < 1.29 is 18.7 Å². The van der Waals surface area contributed by atoms with E-state index in [-0.39, 0.29) is 47.3 Å².